The number of hydrogen-bond acceptors (Lipinski definition) is 1. The zero-order valence-corrected chi connectivity index (χ0v) is 13.4. The number of nitrogens with two attached hydrogens (primary N) is 1. The molecular weight excluding hydrogens is 301 g/mol. The SMILES string of the molecule is NC(CC1CCCc2ccccc21)c1c(Cl)cccc1Cl. The van der Waals surface area contributed by atoms with Gasteiger partial charge in [0.25, 0.3) is 0 Å². The van der Waals surface area contributed by atoms with Gasteiger partial charge in [-0.2, -0.15) is 0 Å². The largest absolute Gasteiger partial charge is 0.324 e. The molecule has 2 atom stereocenters. The van der Waals surface area contributed by atoms with E-state index >= 15 is 0 Å². The minimum absolute atomic E-state index is 0.123. The number of rotatable bonds is 3. The fourth-order valence-electron chi connectivity index (χ4n) is 3.39. The molecule has 110 valence electrons. The normalized spacial score (nSPS) is 19.1. The van der Waals surface area contributed by atoms with E-state index < -0.39 is 0 Å². The zero-order valence-electron chi connectivity index (χ0n) is 11.9. The first-order chi connectivity index (χ1) is 10.2. The van der Waals surface area contributed by atoms with Gasteiger partial charge in [0.15, 0.2) is 0 Å². The Hall–Kier alpha value is -1.02. The molecule has 1 nitrogen and oxygen atoms in total. The second-order valence-electron chi connectivity index (χ2n) is 5.77. The smallest absolute Gasteiger partial charge is 0.0468 e. The molecular formula is C18H19Cl2N. The summed E-state index contributed by atoms with van der Waals surface area (Å²) in [5.74, 6) is 0.497. The highest BCUT2D eigenvalue weighted by molar-refractivity contribution is 6.36. The van der Waals surface area contributed by atoms with Crippen LogP contribution in [0.1, 0.15) is 47.9 Å². The van der Waals surface area contributed by atoms with Crippen LogP contribution in [-0.4, -0.2) is 0 Å². The van der Waals surface area contributed by atoms with Gasteiger partial charge in [0, 0.05) is 21.7 Å². The van der Waals surface area contributed by atoms with Crippen molar-refractivity contribution in [1.29, 1.82) is 0 Å². The summed E-state index contributed by atoms with van der Waals surface area (Å²) in [6, 6.07) is 14.2. The first-order valence-electron chi connectivity index (χ1n) is 7.44. The molecule has 3 rings (SSSR count). The van der Waals surface area contributed by atoms with Gasteiger partial charge in [-0.1, -0.05) is 53.5 Å². The summed E-state index contributed by atoms with van der Waals surface area (Å²) in [5, 5.41) is 1.33. The highest BCUT2D eigenvalue weighted by atomic mass is 35.5. The van der Waals surface area contributed by atoms with Crippen LogP contribution >= 0.6 is 23.2 Å². The molecule has 2 unspecified atom stereocenters. The van der Waals surface area contributed by atoms with Crippen LogP contribution in [0, 0.1) is 0 Å². The summed E-state index contributed by atoms with van der Waals surface area (Å²) in [6.07, 6.45) is 4.48. The number of fused-ring (bicyclic) bond motifs is 1. The van der Waals surface area contributed by atoms with Crippen LogP contribution in [-0.2, 0) is 6.42 Å². The van der Waals surface area contributed by atoms with E-state index in [-0.39, 0.29) is 6.04 Å². The van der Waals surface area contributed by atoms with E-state index in [1.807, 2.05) is 18.2 Å². The van der Waals surface area contributed by atoms with Gasteiger partial charge in [0.2, 0.25) is 0 Å². The molecule has 0 saturated heterocycles. The average molecular weight is 320 g/mol. The summed E-state index contributed by atoms with van der Waals surface area (Å²) < 4.78 is 0. The minimum Gasteiger partial charge on any atom is -0.324 e. The van der Waals surface area contributed by atoms with Crippen LogP contribution in [0.2, 0.25) is 10.0 Å². The summed E-state index contributed by atoms with van der Waals surface area (Å²) in [7, 11) is 0. The van der Waals surface area contributed by atoms with Crippen LogP contribution in [0.3, 0.4) is 0 Å². The van der Waals surface area contributed by atoms with E-state index in [0.717, 1.165) is 12.0 Å². The molecule has 0 saturated carbocycles. The summed E-state index contributed by atoms with van der Waals surface area (Å²) in [4.78, 5) is 0. The molecule has 0 fully saturated rings. The highest BCUT2D eigenvalue weighted by Crippen LogP contribution is 2.39. The topological polar surface area (TPSA) is 26.0 Å². The van der Waals surface area contributed by atoms with E-state index in [4.69, 9.17) is 28.9 Å². The molecule has 0 aromatic heterocycles. The standard InChI is InChI=1S/C18H19Cl2N/c19-15-9-4-10-16(20)18(15)17(21)11-13-7-3-6-12-5-1-2-8-14(12)13/h1-2,4-5,8-10,13,17H,3,6-7,11,21H2. The number of halogens is 2. The van der Waals surface area contributed by atoms with Gasteiger partial charge in [0.05, 0.1) is 0 Å². The fraction of sp³-hybridized carbons (Fsp3) is 0.333. The van der Waals surface area contributed by atoms with Gasteiger partial charge in [-0.3, -0.25) is 0 Å². The lowest BCUT2D eigenvalue weighted by molar-refractivity contribution is 0.476. The van der Waals surface area contributed by atoms with Crippen molar-refractivity contribution >= 4 is 23.2 Å². The molecule has 0 spiro atoms. The van der Waals surface area contributed by atoms with E-state index in [0.29, 0.717) is 16.0 Å². The average Bonchev–Trinajstić information content (AvgIpc) is 2.47. The Labute approximate surface area is 136 Å². The van der Waals surface area contributed by atoms with Crippen molar-refractivity contribution in [1.82, 2.24) is 0 Å². The summed E-state index contributed by atoms with van der Waals surface area (Å²) in [6.45, 7) is 0. The van der Waals surface area contributed by atoms with Gasteiger partial charge in [-0.05, 0) is 54.9 Å². The van der Waals surface area contributed by atoms with E-state index in [1.54, 1.807) is 0 Å². The summed E-state index contributed by atoms with van der Waals surface area (Å²) >= 11 is 12.6. The van der Waals surface area contributed by atoms with Crippen LogP contribution in [0.15, 0.2) is 42.5 Å². The Bertz CT molecular complexity index is 619. The first kappa shape index (κ1) is 14.9. The van der Waals surface area contributed by atoms with Crippen molar-refractivity contribution < 1.29 is 0 Å². The number of hydrogen-bond donors (Lipinski definition) is 1. The van der Waals surface area contributed by atoms with E-state index in [2.05, 4.69) is 24.3 Å². The van der Waals surface area contributed by atoms with Crippen molar-refractivity contribution in [2.24, 2.45) is 5.73 Å². The Morgan fingerprint density at radius 1 is 1.05 bits per heavy atom. The Kier molecular flexibility index (Phi) is 4.54. The van der Waals surface area contributed by atoms with Crippen LogP contribution in [0.4, 0.5) is 0 Å². The molecule has 21 heavy (non-hydrogen) atoms. The second kappa shape index (κ2) is 6.39. The number of aryl methyl sites for hydroxylation is 1. The molecule has 0 radical (unpaired) electrons. The lowest BCUT2D eigenvalue weighted by Crippen LogP contribution is -2.18. The maximum Gasteiger partial charge on any atom is 0.0468 e. The van der Waals surface area contributed by atoms with Crippen molar-refractivity contribution in [2.45, 2.75) is 37.6 Å². The number of benzene rings is 2. The Morgan fingerprint density at radius 3 is 2.52 bits per heavy atom. The van der Waals surface area contributed by atoms with Gasteiger partial charge >= 0.3 is 0 Å². The molecule has 0 aliphatic heterocycles. The van der Waals surface area contributed by atoms with Crippen molar-refractivity contribution in [2.75, 3.05) is 0 Å². The van der Waals surface area contributed by atoms with Gasteiger partial charge in [0.1, 0.15) is 0 Å². The van der Waals surface area contributed by atoms with Gasteiger partial charge < -0.3 is 5.73 Å². The Morgan fingerprint density at radius 2 is 1.76 bits per heavy atom. The maximum absolute atomic E-state index is 6.42. The molecule has 1 aliphatic carbocycles. The summed E-state index contributed by atoms with van der Waals surface area (Å²) in [5.41, 5.74) is 10.2. The molecule has 0 bridgehead atoms. The first-order valence-corrected chi connectivity index (χ1v) is 8.19. The van der Waals surface area contributed by atoms with Crippen LogP contribution < -0.4 is 5.73 Å². The second-order valence-corrected chi connectivity index (χ2v) is 6.58. The third-order valence-electron chi connectivity index (χ3n) is 4.40. The molecule has 3 heteroatoms. The predicted octanol–water partition coefficient (Wildman–Crippen LogP) is 5.50. The van der Waals surface area contributed by atoms with Crippen molar-refractivity contribution in [3.8, 4) is 0 Å². The molecule has 0 heterocycles. The van der Waals surface area contributed by atoms with E-state index in [9.17, 15) is 0 Å². The monoisotopic (exact) mass is 319 g/mol. The maximum atomic E-state index is 6.42. The zero-order chi connectivity index (χ0) is 14.8. The van der Waals surface area contributed by atoms with Gasteiger partial charge in [-0.25, -0.2) is 0 Å². The minimum atomic E-state index is -0.123. The van der Waals surface area contributed by atoms with E-state index in [1.165, 1.54) is 30.4 Å². The molecule has 2 aromatic rings. The fourth-order valence-corrected chi connectivity index (χ4v) is 4.07. The predicted molar refractivity (Wildman–Crippen MR) is 90.1 cm³/mol. The third kappa shape index (κ3) is 3.11. The molecule has 2 N–H and O–H groups in total. The van der Waals surface area contributed by atoms with Crippen molar-refractivity contribution in [3.05, 3.63) is 69.2 Å². The van der Waals surface area contributed by atoms with Crippen LogP contribution in [0.5, 0.6) is 0 Å². The van der Waals surface area contributed by atoms with Crippen molar-refractivity contribution in [3.63, 3.8) is 0 Å². The lowest BCUT2D eigenvalue weighted by atomic mass is 9.79. The van der Waals surface area contributed by atoms with Crippen LogP contribution in [0.25, 0.3) is 0 Å². The van der Waals surface area contributed by atoms with Gasteiger partial charge in [-0.15, -0.1) is 0 Å². The quantitative estimate of drug-likeness (QED) is 0.793. The Balaban J connectivity index is 1.85. The lowest BCUT2D eigenvalue weighted by Gasteiger charge is -2.28. The third-order valence-corrected chi connectivity index (χ3v) is 5.06. The molecule has 1 aliphatic rings. The highest BCUT2D eigenvalue weighted by Gasteiger charge is 2.24. The molecule has 0 amide bonds. The molecule has 2 aromatic carbocycles.